The van der Waals surface area contributed by atoms with Gasteiger partial charge >= 0.3 is 0 Å². The highest BCUT2D eigenvalue weighted by Gasteiger charge is 2.29. The number of hydrogen-bond donors (Lipinski definition) is 2. The molecule has 0 spiro atoms. The average Bonchev–Trinajstić information content (AvgIpc) is 2.79. The molecule has 170 valence electrons. The fourth-order valence-corrected chi connectivity index (χ4v) is 3.85. The molecule has 3 rings (SSSR count). The molecule has 1 heterocycles. The number of rotatable bonds is 7. The van der Waals surface area contributed by atoms with Gasteiger partial charge in [0, 0.05) is 41.5 Å². The Kier molecular flexibility index (Phi) is 8.28. The topological polar surface area (TPSA) is 78.5 Å². The fourth-order valence-electron chi connectivity index (χ4n) is 3.72. The van der Waals surface area contributed by atoms with E-state index in [4.69, 9.17) is 11.6 Å². The van der Waals surface area contributed by atoms with Crippen LogP contribution in [-0.4, -0.2) is 42.3 Å². The van der Waals surface area contributed by atoms with E-state index in [2.05, 4.69) is 24.5 Å². The first-order chi connectivity index (χ1) is 15.3. The Balaban J connectivity index is 1.61. The Hall–Kier alpha value is -2.86. The van der Waals surface area contributed by atoms with Crippen molar-refractivity contribution in [2.75, 3.05) is 25.0 Å². The summed E-state index contributed by atoms with van der Waals surface area (Å²) in [5, 5.41) is 6.38. The molecule has 2 aromatic carbocycles. The van der Waals surface area contributed by atoms with Crippen molar-refractivity contribution >= 4 is 35.0 Å². The number of carbonyl (C=O) groups excluding carboxylic acids is 3. The highest BCUT2D eigenvalue weighted by molar-refractivity contribution is 6.30. The van der Waals surface area contributed by atoms with Crippen molar-refractivity contribution in [2.45, 2.75) is 33.1 Å². The fraction of sp³-hybridized carbons (Fsp3) is 0.400. The van der Waals surface area contributed by atoms with Crippen LogP contribution in [0, 0.1) is 11.8 Å². The minimum Gasteiger partial charge on any atom is -0.356 e. The Morgan fingerprint density at radius 2 is 1.84 bits per heavy atom. The molecule has 1 atom stereocenters. The number of anilines is 1. The molecule has 3 amide bonds. The lowest BCUT2D eigenvalue weighted by Gasteiger charge is -2.32. The molecule has 7 heteroatoms. The first kappa shape index (κ1) is 23.8. The lowest BCUT2D eigenvalue weighted by atomic mass is 9.96. The molecule has 0 aromatic heterocycles. The molecule has 1 fully saturated rings. The van der Waals surface area contributed by atoms with Gasteiger partial charge in [0.25, 0.3) is 11.8 Å². The normalized spacial score (nSPS) is 16.0. The first-order valence-electron chi connectivity index (χ1n) is 11.1. The average molecular weight is 456 g/mol. The van der Waals surface area contributed by atoms with E-state index in [1.807, 2.05) is 0 Å². The van der Waals surface area contributed by atoms with Gasteiger partial charge in [-0.2, -0.15) is 0 Å². The van der Waals surface area contributed by atoms with E-state index in [0.29, 0.717) is 47.4 Å². The zero-order valence-corrected chi connectivity index (χ0v) is 19.3. The number of carbonyl (C=O) groups is 3. The van der Waals surface area contributed by atoms with Gasteiger partial charge in [-0.05, 0) is 67.6 Å². The summed E-state index contributed by atoms with van der Waals surface area (Å²) in [6.45, 7) is 5.94. The van der Waals surface area contributed by atoms with Gasteiger partial charge in [0.2, 0.25) is 5.91 Å². The molecule has 2 N–H and O–H groups in total. The molecule has 32 heavy (non-hydrogen) atoms. The van der Waals surface area contributed by atoms with E-state index in [9.17, 15) is 14.4 Å². The molecule has 1 aliphatic rings. The molecule has 0 radical (unpaired) electrons. The molecule has 0 saturated carbocycles. The number of halogens is 1. The zero-order valence-electron chi connectivity index (χ0n) is 18.6. The third kappa shape index (κ3) is 6.57. The highest BCUT2D eigenvalue weighted by Crippen LogP contribution is 2.21. The van der Waals surface area contributed by atoms with Crippen molar-refractivity contribution in [3.63, 3.8) is 0 Å². The standard InChI is InChI=1S/C25H30ClN3O3/c1-17(2)12-13-27-23(30)20-6-4-14-29(16-20)25(32)19-5-3-7-22(15-19)28-24(31)18-8-10-21(26)11-9-18/h3,5,7-11,15,17,20H,4,6,12-14,16H2,1-2H3,(H,27,30)(H,28,31)/t20-/m0/s1. The Bertz CT molecular complexity index is 959. The summed E-state index contributed by atoms with van der Waals surface area (Å²) in [6.07, 6.45) is 2.52. The maximum Gasteiger partial charge on any atom is 0.255 e. The number of likely N-dealkylation sites (tertiary alicyclic amines) is 1. The van der Waals surface area contributed by atoms with Gasteiger partial charge in [-0.1, -0.05) is 31.5 Å². The van der Waals surface area contributed by atoms with Crippen LogP contribution in [0.4, 0.5) is 5.69 Å². The number of hydrogen-bond acceptors (Lipinski definition) is 3. The minimum atomic E-state index is -0.276. The summed E-state index contributed by atoms with van der Waals surface area (Å²) in [6, 6.07) is 13.5. The van der Waals surface area contributed by atoms with Crippen molar-refractivity contribution < 1.29 is 14.4 Å². The minimum absolute atomic E-state index is 0.0205. The summed E-state index contributed by atoms with van der Waals surface area (Å²) < 4.78 is 0. The number of amides is 3. The van der Waals surface area contributed by atoms with E-state index in [0.717, 1.165) is 19.3 Å². The summed E-state index contributed by atoms with van der Waals surface area (Å²) in [5.74, 6) is -0.0402. The van der Waals surface area contributed by atoms with E-state index in [1.54, 1.807) is 53.4 Å². The molecule has 2 aromatic rings. The predicted octanol–water partition coefficient (Wildman–Crippen LogP) is 4.61. The first-order valence-corrected chi connectivity index (χ1v) is 11.4. The lowest BCUT2D eigenvalue weighted by Crippen LogP contribution is -2.45. The van der Waals surface area contributed by atoms with Gasteiger partial charge in [-0.25, -0.2) is 0 Å². The largest absolute Gasteiger partial charge is 0.356 e. The van der Waals surface area contributed by atoms with Crippen LogP contribution < -0.4 is 10.6 Å². The molecular weight excluding hydrogens is 426 g/mol. The SMILES string of the molecule is CC(C)CCNC(=O)[C@H]1CCCN(C(=O)c2cccc(NC(=O)c3ccc(Cl)cc3)c2)C1. The number of piperidine rings is 1. The van der Waals surface area contributed by atoms with Gasteiger partial charge in [-0.3, -0.25) is 14.4 Å². The van der Waals surface area contributed by atoms with Crippen molar-refractivity contribution in [1.29, 1.82) is 0 Å². The second-order valence-corrected chi connectivity index (χ2v) is 9.04. The van der Waals surface area contributed by atoms with Crippen LogP contribution in [0.1, 0.15) is 53.8 Å². The monoisotopic (exact) mass is 455 g/mol. The molecule has 0 bridgehead atoms. The van der Waals surface area contributed by atoms with Crippen molar-refractivity contribution in [1.82, 2.24) is 10.2 Å². The number of benzene rings is 2. The van der Waals surface area contributed by atoms with Crippen LogP contribution >= 0.6 is 11.6 Å². The van der Waals surface area contributed by atoms with Gasteiger partial charge in [0.15, 0.2) is 0 Å². The molecule has 6 nitrogen and oxygen atoms in total. The van der Waals surface area contributed by atoms with Crippen LogP contribution in [0.5, 0.6) is 0 Å². The molecule has 0 aliphatic carbocycles. The third-order valence-corrected chi connectivity index (χ3v) is 5.83. The van der Waals surface area contributed by atoms with Gasteiger partial charge in [-0.15, -0.1) is 0 Å². The van der Waals surface area contributed by atoms with Crippen molar-refractivity contribution in [3.05, 3.63) is 64.7 Å². The lowest BCUT2D eigenvalue weighted by molar-refractivity contribution is -0.126. The number of nitrogens with zero attached hydrogens (tertiary/aromatic N) is 1. The highest BCUT2D eigenvalue weighted by atomic mass is 35.5. The summed E-state index contributed by atoms with van der Waals surface area (Å²) >= 11 is 5.87. The van der Waals surface area contributed by atoms with Crippen molar-refractivity contribution in [3.8, 4) is 0 Å². The summed E-state index contributed by atoms with van der Waals surface area (Å²) in [7, 11) is 0. The summed E-state index contributed by atoms with van der Waals surface area (Å²) in [5.41, 5.74) is 1.50. The summed E-state index contributed by atoms with van der Waals surface area (Å²) in [4.78, 5) is 39.8. The zero-order chi connectivity index (χ0) is 23.1. The quantitative estimate of drug-likeness (QED) is 0.640. The molecule has 1 aliphatic heterocycles. The second kappa shape index (κ2) is 11.1. The Morgan fingerprint density at radius 1 is 1.09 bits per heavy atom. The van der Waals surface area contributed by atoms with Crippen LogP contribution in [-0.2, 0) is 4.79 Å². The molecular formula is C25H30ClN3O3. The van der Waals surface area contributed by atoms with Crippen LogP contribution in [0.3, 0.4) is 0 Å². The second-order valence-electron chi connectivity index (χ2n) is 8.61. The third-order valence-electron chi connectivity index (χ3n) is 5.57. The van der Waals surface area contributed by atoms with E-state index < -0.39 is 0 Å². The predicted molar refractivity (Wildman–Crippen MR) is 127 cm³/mol. The molecule has 1 saturated heterocycles. The Labute approximate surface area is 194 Å². The van der Waals surface area contributed by atoms with Crippen LogP contribution in [0.15, 0.2) is 48.5 Å². The smallest absolute Gasteiger partial charge is 0.255 e. The Morgan fingerprint density at radius 3 is 2.56 bits per heavy atom. The maximum absolute atomic E-state index is 13.1. The van der Waals surface area contributed by atoms with Crippen molar-refractivity contribution in [2.24, 2.45) is 11.8 Å². The molecule has 0 unspecified atom stereocenters. The van der Waals surface area contributed by atoms with Crippen LogP contribution in [0.25, 0.3) is 0 Å². The van der Waals surface area contributed by atoms with Gasteiger partial charge in [0.05, 0.1) is 5.92 Å². The number of nitrogens with one attached hydrogen (secondary N) is 2. The van der Waals surface area contributed by atoms with Gasteiger partial charge < -0.3 is 15.5 Å². The maximum atomic E-state index is 13.1. The van der Waals surface area contributed by atoms with Crippen LogP contribution in [0.2, 0.25) is 5.02 Å². The van der Waals surface area contributed by atoms with E-state index in [-0.39, 0.29) is 23.6 Å². The van der Waals surface area contributed by atoms with Gasteiger partial charge in [0.1, 0.15) is 0 Å². The van der Waals surface area contributed by atoms with E-state index in [1.165, 1.54) is 0 Å². The van der Waals surface area contributed by atoms with E-state index >= 15 is 0 Å².